The van der Waals surface area contributed by atoms with Crippen molar-refractivity contribution in [3.8, 4) is 0 Å². The van der Waals surface area contributed by atoms with E-state index in [-0.39, 0.29) is 6.42 Å². The van der Waals surface area contributed by atoms with Crippen molar-refractivity contribution in [2.24, 2.45) is 0 Å². The zero-order chi connectivity index (χ0) is 16.3. The van der Waals surface area contributed by atoms with Crippen LogP contribution in [0.4, 0.5) is 0 Å². The highest BCUT2D eigenvalue weighted by Gasteiger charge is 1.92. The third-order valence-corrected chi connectivity index (χ3v) is 3.22. The molecule has 0 fully saturated rings. The van der Waals surface area contributed by atoms with E-state index in [9.17, 15) is 4.79 Å². The number of hydrogen-bond acceptors (Lipinski definition) is 1. The normalized spacial score (nSPS) is 12.4. The van der Waals surface area contributed by atoms with Crippen LogP contribution in [0.25, 0.3) is 0 Å². The number of allylic oxidation sites excluding steroid dienone is 8. The average molecular weight is 304 g/mol. The molecule has 0 bridgehead atoms. The van der Waals surface area contributed by atoms with E-state index in [0.29, 0.717) is 0 Å². The smallest absolute Gasteiger partial charge is 0.303 e. The molecule has 0 aromatic heterocycles. The quantitative estimate of drug-likeness (QED) is 0.305. The first-order chi connectivity index (χ1) is 10.8. The van der Waals surface area contributed by atoms with Crippen LogP contribution in [-0.2, 0) is 4.79 Å². The Balaban J connectivity index is 3.40. The van der Waals surface area contributed by atoms with Gasteiger partial charge in [0.25, 0.3) is 0 Å². The lowest BCUT2D eigenvalue weighted by Gasteiger charge is -1.90. The summed E-state index contributed by atoms with van der Waals surface area (Å²) in [7, 11) is 0. The van der Waals surface area contributed by atoms with Gasteiger partial charge in [-0.25, -0.2) is 0 Å². The number of carboxylic acids is 1. The molecule has 0 rings (SSSR count). The topological polar surface area (TPSA) is 37.3 Å². The van der Waals surface area contributed by atoms with E-state index in [1.165, 1.54) is 25.7 Å². The standard InChI is InChI=1S/C20H32O2/c1-2-3-4-5-6-7-8-9-10-11-12-13-14-15-16-17-18-19-20(21)22/h6-7,9-10,12-13,15-16H,2-5,8,11,14,17-19H2,1H3,(H,21,22)/b7-6+,10-9-,13-12+,16-15-. The molecule has 0 saturated heterocycles. The van der Waals surface area contributed by atoms with Crippen molar-refractivity contribution in [3.63, 3.8) is 0 Å². The van der Waals surface area contributed by atoms with Crippen LogP contribution in [0.1, 0.15) is 71.1 Å². The summed E-state index contributed by atoms with van der Waals surface area (Å²) >= 11 is 0. The maximum Gasteiger partial charge on any atom is 0.303 e. The van der Waals surface area contributed by atoms with Gasteiger partial charge in [0.15, 0.2) is 0 Å². The Morgan fingerprint density at radius 2 is 1.18 bits per heavy atom. The van der Waals surface area contributed by atoms with Crippen molar-refractivity contribution in [2.45, 2.75) is 71.1 Å². The Kier molecular flexibility index (Phi) is 16.2. The summed E-state index contributed by atoms with van der Waals surface area (Å²) in [6.45, 7) is 2.23. The van der Waals surface area contributed by atoms with Crippen LogP contribution in [0.2, 0.25) is 0 Å². The van der Waals surface area contributed by atoms with Crippen LogP contribution in [0.3, 0.4) is 0 Å². The Labute approximate surface area is 136 Å². The summed E-state index contributed by atoms with van der Waals surface area (Å²) in [4.78, 5) is 10.3. The van der Waals surface area contributed by atoms with Crippen LogP contribution < -0.4 is 0 Å². The van der Waals surface area contributed by atoms with E-state index < -0.39 is 5.97 Å². The lowest BCUT2D eigenvalue weighted by Crippen LogP contribution is -1.92. The number of aliphatic carboxylic acids is 1. The molecule has 0 aromatic carbocycles. The molecule has 0 aliphatic carbocycles. The molecule has 2 heteroatoms. The van der Waals surface area contributed by atoms with Crippen molar-refractivity contribution in [3.05, 3.63) is 48.6 Å². The van der Waals surface area contributed by atoms with E-state index in [0.717, 1.165) is 32.1 Å². The van der Waals surface area contributed by atoms with Gasteiger partial charge < -0.3 is 5.11 Å². The molecule has 0 atom stereocenters. The first kappa shape index (κ1) is 20.4. The molecule has 0 aliphatic heterocycles. The summed E-state index contributed by atoms with van der Waals surface area (Å²) in [5, 5.41) is 8.49. The summed E-state index contributed by atoms with van der Waals surface area (Å²) in [5.74, 6) is -0.712. The SMILES string of the molecule is CCCCC/C=C/C/C=C\C/C=C/C/C=C\CCCC(=O)O. The maximum atomic E-state index is 10.3. The molecule has 1 N–H and O–H groups in total. The zero-order valence-electron chi connectivity index (χ0n) is 14.0. The van der Waals surface area contributed by atoms with Crippen molar-refractivity contribution in [2.75, 3.05) is 0 Å². The lowest BCUT2D eigenvalue weighted by atomic mass is 10.2. The summed E-state index contributed by atoms with van der Waals surface area (Å²) in [6.07, 6.45) is 27.3. The Hall–Kier alpha value is -1.57. The van der Waals surface area contributed by atoms with Crippen LogP contribution in [0.5, 0.6) is 0 Å². The molecule has 0 aromatic rings. The van der Waals surface area contributed by atoms with Gasteiger partial charge in [-0.2, -0.15) is 0 Å². The summed E-state index contributed by atoms with van der Waals surface area (Å²) in [5.41, 5.74) is 0. The molecular formula is C20H32O2. The van der Waals surface area contributed by atoms with Gasteiger partial charge in [-0.1, -0.05) is 68.4 Å². The molecule has 0 aliphatic rings. The molecule has 22 heavy (non-hydrogen) atoms. The molecule has 0 saturated carbocycles. The number of rotatable bonds is 14. The molecule has 0 radical (unpaired) electrons. The molecule has 124 valence electrons. The number of unbranched alkanes of at least 4 members (excludes halogenated alkanes) is 4. The predicted octanol–water partition coefficient (Wildman–Crippen LogP) is 6.22. The van der Waals surface area contributed by atoms with Crippen LogP contribution in [-0.4, -0.2) is 11.1 Å². The van der Waals surface area contributed by atoms with Gasteiger partial charge in [0, 0.05) is 6.42 Å². The number of carbonyl (C=O) groups is 1. The monoisotopic (exact) mass is 304 g/mol. The van der Waals surface area contributed by atoms with E-state index in [4.69, 9.17) is 5.11 Å². The molecule has 0 unspecified atom stereocenters. The second-order valence-corrected chi connectivity index (χ2v) is 5.37. The van der Waals surface area contributed by atoms with Crippen LogP contribution in [0.15, 0.2) is 48.6 Å². The van der Waals surface area contributed by atoms with Gasteiger partial charge in [-0.3, -0.25) is 4.79 Å². The van der Waals surface area contributed by atoms with Gasteiger partial charge in [0.1, 0.15) is 0 Å². The molecule has 0 spiro atoms. The minimum absolute atomic E-state index is 0.262. The molecular weight excluding hydrogens is 272 g/mol. The lowest BCUT2D eigenvalue weighted by molar-refractivity contribution is -0.137. The highest BCUT2D eigenvalue weighted by Crippen LogP contribution is 2.01. The minimum atomic E-state index is -0.712. The Morgan fingerprint density at radius 1 is 0.727 bits per heavy atom. The second-order valence-electron chi connectivity index (χ2n) is 5.37. The van der Waals surface area contributed by atoms with E-state index >= 15 is 0 Å². The second kappa shape index (κ2) is 17.5. The molecule has 0 amide bonds. The zero-order valence-corrected chi connectivity index (χ0v) is 14.0. The van der Waals surface area contributed by atoms with Gasteiger partial charge in [0.05, 0.1) is 0 Å². The fourth-order valence-electron chi connectivity index (χ4n) is 1.93. The summed E-state index contributed by atoms with van der Waals surface area (Å²) in [6, 6.07) is 0. The molecule has 0 heterocycles. The highest BCUT2D eigenvalue weighted by molar-refractivity contribution is 5.66. The molecule has 2 nitrogen and oxygen atoms in total. The third kappa shape index (κ3) is 18.4. The van der Waals surface area contributed by atoms with E-state index in [2.05, 4.69) is 55.5 Å². The number of carboxylic acid groups (broad SMARTS) is 1. The maximum absolute atomic E-state index is 10.3. The van der Waals surface area contributed by atoms with E-state index in [1.807, 2.05) is 0 Å². The van der Waals surface area contributed by atoms with Crippen LogP contribution in [0, 0.1) is 0 Å². The predicted molar refractivity (Wildman–Crippen MR) is 96.0 cm³/mol. The van der Waals surface area contributed by atoms with Crippen molar-refractivity contribution < 1.29 is 9.90 Å². The van der Waals surface area contributed by atoms with Crippen molar-refractivity contribution >= 4 is 5.97 Å². The number of hydrogen-bond donors (Lipinski definition) is 1. The van der Waals surface area contributed by atoms with Gasteiger partial charge in [-0.05, 0) is 44.9 Å². The third-order valence-electron chi connectivity index (χ3n) is 3.22. The van der Waals surface area contributed by atoms with E-state index in [1.54, 1.807) is 0 Å². The fraction of sp³-hybridized carbons (Fsp3) is 0.550. The fourth-order valence-corrected chi connectivity index (χ4v) is 1.93. The Bertz CT molecular complexity index is 362. The van der Waals surface area contributed by atoms with Gasteiger partial charge in [-0.15, -0.1) is 0 Å². The van der Waals surface area contributed by atoms with Gasteiger partial charge in [0.2, 0.25) is 0 Å². The minimum Gasteiger partial charge on any atom is -0.481 e. The van der Waals surface area contributed by atoms with Crippen LogP contribution >= 0.6 is 0 Å². The van der Waals surface area contributed by atoms with Crippen molar-refractivity contribution in [1.29, 1.82) is 0 Å². The first-order valence-corrected chi connectivity index (χ1v) is 8.59. The largest absolute Gasteiger partial charge is 0.481 e. The Morgan fingerprint density at radius 3 is 1.64 bits per heavy atom. The highest BCUT2D eigenvalue weighted by atomic mass is 16.4. The van der Waals surface area contributed by atoms with Crippen molar-refractivity contribution in [1.82, 2.24) is 0 Å². The first-order valence-electron chi connectivity index (χ1n) is 8.59. The summed E-state index contributed by atoms with van der Waals surface area (Å²) < 4.78 is 0. The van der Waals surface area contributed by atoms with Gasteiger partial charge >= 0.3 is 5.97 Å². The average Bonchev–Trinajstić information content (AvgIpc) is 2.50.